The molecule has 9 heteroatoms. The van der Waals surface area contributed by atoms with Gasteiger partial charge in [0.2, 0.25) is 5.91 Å². The fraction of sp³-hybridized carbons (Fsp3) is 0.632. The van der Waals surface area contributed by atoms with E-state index in [1.807, 2.05) is 13.8 Å². The van der Waals surface area contributed by atoms with E-state index < -0.39 is 0 Å². The van der Waals surface area contributed by atoms with Crippen molar-refractivity contribution < 1.29 is 19.1 Å². The van der Waals surface area contributed by atoms with Gasteiger partial charge in [0.1, 0.15) is 5.69 Å². The van der Waals surface area contributed by atoms with Crippen molar-refractivity contribution in [2.45, 2.75) is 39.7 Å². The Kier molecular flexibility index (Phi) is 8.16. The van der Waals surface area contributed by atoms with Gasteiger partial charge < -0.3 is 19.4 Å². The van der Waals surface area contributed by atoms with Crippen LogP contribution in [0.4, 0.5) is 4.79 Å². The van der Waals surface area contributed by atoms with Crippen molar-refractivity contribution in [2.75, 3.05) is 39.3 Å². The molecular weight excluding hydrogens is 362 g/mol. The highest BCUT2D eigenvalue weighted by molar-refractivity contribution is 5.92. The van der Waals surface area contributed by atoms with Crippen molar-refractivity contribution in [1.29, 1.82) is 0 Å². The van der Waals surface area contributed by atoms with Crippen molar-refractivity contribution in [1.82, 2.24) is 24.7 Å². The zero-order valence-corrected chi connectivity index (χ0v) is 16.8. The van der Waals surface area contributed by atoms with E-state index in [9.17, 15) is 14.4 Å². The minimum atomic E-state index is -0.341. The topological polar surface area (TPSA) is 95.9 Å². The van der Waals surface area contributed by atoms with Crippen LogP contribution in [-0.2, 0) is 9.53 Å². The Balaban J connectivity index is 1.90. The van der Waals surface area contributed by atoms with Gasteiger partial charge in [0.05, 0.1) is 12.8 Å². The summed E-state index contributed by atoms with van der Waals surface area (Å²) in [6, 6.07) is -0.0111. The van der Waals surface area contributed by atoms with Gasteiger partial charge in [-0.15, -0.1) is 0 Å². The van der Waals surface area contributed by atoms with E-state index in [1.165, 1.54) is 18.6 Å². The van der Waals surface area contributed by atoms with Crippen LogP contribution in [0.15, 0.2) is 18.6 Å². The van der Waals surface area contributed by atoms with Gasteiger partial charge in [0, 0.05) is 57.6 Å². The summed E-state index contributed by atoms with van der Waals surface area (Å²) in [6.07, 6.45) is 5.11. The number of piperazine rings is 1. The van der Waals surface area contributed by atoms with Gasteiger partial charge in [-0.3, -0.25) is 14.6 Å². The van der Waals surface area contributed by atoms with E-state index >= 15 is 0 Å². The predicted octanol–water partition coefficient (Wildman–Crippen LogP) is 1.41. The summed E-state index contributed by atoms with van der Waals surface area (Å²) in [7, 11) is 0. The molecule has 0 unspecified atom stereocenters. The van der Waals surface area contributed by atoms with Crippen LogP contribution in [0, 0.1) is 0 Å². The van der Waals surface area contributed by atoms with Crippen LogP contribution >= 0.6 is 0 Å². The van der Waals surface area contributed by atoms with Crippen molar-refractivity contribution in [3.8, 4) is 0 Å². The molecule has 0 spiro atoms. The molecule has 0 saturated carbocycles. The lowest BCUT2D eigenvalue weighted by Crippen LogP contribution is -2.51. The third-order valence-corrected chi connectivity index (χ3v) is 4.89. The molecule has 1 fully saturated rings. The molecule has 1 aliphatic heterocycles. The van der Waals surface area contributed by atoms with E-state index in [1.54, 1.807) is 21.6 Å². The molecular formula is C19H29N5O4. The second kappa shape index (κ2) is 10.6. The summed E-state index contributed by atoms with van der Waals surface area (Å²) < 4.78 is 4.99. The molecule has 9 nitrogen and oxygen atoms in total. The van der Waals surface area contributed by atoms with E-state index in [0.717, 1.165) is 6.42 Å². The summed E-state index contributed by atoms with van der Waals surface area (Å²) in [4.78, 5) is 50.1. The first-order chi connectivity index (χ1) is 13.5. The van der Waals surface area contributed by atoms with Gasteiger partial charge in [0.15, 0.2) is 0 Å². The number of aromatic nitrogens is 2. The van der Waals surface area contributed by atoms with Crippen molar-refractivity contribution in [3.63, 3.8) is 0 Å². The SMILES string of the molecule is CCOC(=O)N1CCN(C(=O)CCN(C(=O)c2cnccn2)[C@H](C)CC)CC1. The lowest BCUT2D eigenvalue weighted by atomic mass is 10.2. The molecule has 0 N–H and O–H groups in total. The summed E-state index contributed by atoms with van der Waals surface area (Å²) >= 11 is 0. The van der Waals surface area contributed by atoms with Crippen molar-refractivity contribution >= 4 is 17.9 Å². The molecule has 1 aliphatic rings. The average molecular weight is 391 g/mol. The molecule has 28 heavy (non-hydrogen) atoms. The Morgan fingerprint density at radius 2 is 1.82 bits per heavy atom. The molecule has 2 rings (SSSR count). The van der Waals surface area contributed by atoms with E-state index in [2.05, 4.69) is 9.97 Å². The summed E-state index contributed by atoms with van der Waals surface area (Å²) in [5.41, 5.74) is 0.276. The first kappa shape index (κ1) is 21.6. The number of rotatable bonds is 7. The monoisotopic (exact) mass is 391 g/mol. The van der Waals surface area contributed by atoms with Crippen molar-refractivity contribution in [2.24, 2.45) is 0 Å². The van der Waals surface area contributed by atoms with Gasteiger partial charge in [-0.1, -0.05) is 6.92 Å². The minimum Gasteiger partial charge on any atom is -0.450 e. The normalized spacial score (nSPS) is 15.1. The lowest BCUT2D eigenvalue weighted by Gasteiger charge is -2.35. The first-order valence-corrected chi connectivity index (χ1v) is 9.74. The third-order valence-electron chi connectivity index (χ3n) is 4.89. The highest BCUT2D eigenvalue weighted by Crippen LogP contribution is 2.12. The van der Waals surface area contributed by atoms with Crippen LogP contribution in [0.2, 0.25) is 0 Å². The van der Waals surface area contributed by atoms with Crippen LogP contribution in [0.3, 0.4) is 0 Å². The fourth-order valence-corrected chi connectivity index (χ4v) is 3.03. The molecule has 1 aromatic heterocycles. The van der Waals surface area contributed by atoms with Crippen LogP contribution in [0.1, 0.15) is 44.1 Å². The molecule has 1 saturated heterocycles. The maximum Gasteiger partial charge on any atom is 0.409 e. The molecule has 1 aromatic rings. The molecule has 0 aromatic carbocycles. The highest BCUT2D eigenvalue weighted by atomic mass is 16.6. The molecule has 154 valence electrons. The number of amides is 3. The lowest BCUT2D eigenvalue weighted by molar-refractivity contribution is -0.133. The van der Waals surface area contributed by atoms with Crippen LogP contribution in [0.25, 0.3) is 0 Å². The van der Waals surface area contributed by atoms with Gasteiger partial charge in [0.25, 0.3) is 5.91 Å². The summed E-state index contributed by atoms with van der Waals surface area (Å²) in [5.74, 6) is -0.244. The number of hydrogen-bond donors (Lipinski definition) is 0. The minimum absolute atomic E-state index is 0.0111. The number of hydrogen-bond acceptors (Lipinski definition) is 6. The Labute approximate surface area is 165 Å². The highest BCUT2D eigenvalue weighted by Gasteiger charge is 2.27. The smallest absolute Gasteiger partial charge is 0.409 e. The molecule has 0 radical (unpaired) electrons. The maximum absolute atomic E-state index is 12.8. The first-order valence-electron chi connectivity index (χ1n) is 9.74. The molecule has 0 aliphatic carbocycles. The number of carbonyl (C=O) groups is 3. The Morgan fingerprint density at radius 1 is 1.14 bits per heavy atom. The van der Waals surface area contributed by atoms with Crippen LogP contribution < -0.4 is 0 Å². The number of nitrogens with zero attached hydrogens (tertiary/aromatic N) is 5. The zero-order chi connectivity index (χ0) is 20.5. The average Bonchev–Trinajstić information content (AvgIpc) is 2.74. The van der Waals surface area contributed by atoms with E-state index in [0.29, 0.717) is 39.3 Å². The molecule has 0 bridgehead atoms. The number of carbonyl (C=O) groups excluding carboxylic acids is 3. The number of ether oxygens (including phenoxy) is 1. The van der Waals surface area contributed by atoms with Crippen LogP contribution in [-0.4, -0.2) is 87.9 Å². The molecule has 3 amide bonds. The zero-order valence-electron chi connectivity index (χ0n) is 16.8. The standard InChI is InChI=1S/C19H29N5O4/c1-4-15(3)24(18(26)16-14-20-7-8-21-16)9-6-17(25)22-10-12-23(13-11-22)19(27)28-5-2/h7-8,14-15H,4-6,9-13H2,1-3H3/t15-/m1/s1. The van der Waals surface area contributed by atoms with Crippen molar-refractivity contribution in [3.05, 3.63) is 24.3 Å². The maximum atomic E-state index is 12.8. The second-order valence-electron chi connectivity index (χ2n) is 6.66. The third kappa shape index (κ3) is 5.64. The van der Waals surface area contributed by atoms with Crippen LogP contribution in [0.5, 0.6) is 0 Å². The van der Waals surface area contributed by atoms with E-state index in [4.69, 9.17) is 4.74 Å². The molecule has 1 atom stereocenters. The second-order valence-corrected chi connectivity index (χ2v) is 6.66. The predicted molar refractivity (Wildman–Crippen MR) is 103 cm³/mol. The van der Waals surface area contributed by atoms with Gasteiger partial charge >= 0.3 is 6.09 Å². The van der Waals surface area contributed by atoms with Gasteiger partial charge in [-0.05, 0) is 20.3 Å². The molecule has 2 heterocycles. The Hall–Kier alpha value is -2.71. The summed E-state index contributed by atoms with van der Waals surface area (Å²) in [6.45, 7) is 8.23. The largest absolute Gasteiger partial charge is 0.450 e. The Morgan fingerprint density at radius 3 is 2.39 bits per heavy atom. The fourth-order valence-electron chi connectivity index (χ4n) is 3.03. The Bertz CT molecular complexity index is 662. The van der Waals surface area contributed by atoms with Gasteiger partial charge in [-0.25, -0.2) is 9.78 Å². The summed E-state index contributed by atoms with van der Waals surface area (Å²) in [5, 5.41) is 0. The van der Waals surface area contributed by atoms with Gasteiger partial charge in [-0.2, -0.15) is 0 Å². The van der Waals surface area contributed by atoms with E-state index in [-0.39, 0.29) is 36.1 Å². The quantitative estimate of drug-likeness (QED) is 0.697.